The monoisotopic (exact) mass is 360 g/mol. The third-order valence-corrected chi connectivity index (χ3v) is 5.82. The largest absolute Gasteiger partial charge is 0.349 e. The van der Waals surface area contributed by atoms with Crippen LogP contribution in [0, 0.1) is 53.9 Å². The van der Waals surface area contributed by atoms with Crippen LogP contribution in [-0.2, 0) is 0 Å². The van der Waals surface area contributed by atoms with Gasteiger partial charge in [-0.15, -0.1) is 12.3 Å². The Kier molecular flexibility index (Phi) is 5.24. The molecule has 2 nitrogen and oxygen atoms in total. The molecule has 1 saturated heterocycles. The summed E-state index contributed by atoms with van der Waals surface area (Å²) in [6.45, 7) is 16.5. The maximum Gasteiger partial charge on any atom is 0.0992 e. The molecule has 142 valence electrons. The van der Waals surface area contributed by atoms with E-state index in [1.807, 2.05) is 0 Å². The van der Waals surface area contributed by atoms with Crippen molar-refractivity contribution in [1.29, 1.82) is 0 Å². The van der Waals surface area contributed by atoms with Crippen LogP contribution in [0.25, 0.3) is 0 Å². The van der Waals surface area contributed by atoms with Crippen LogP contribution in [0.15, 0.2) is 24.3 Å². The van der Waals surface area contributed by atoms with Crippen molar-refractivity contribution >= 4 is 11.4 Å². The quantitative estimate of drug-likeness (QED) is 0.657. The first-order valence-electron chi connectivity index (χ1n) is 9.88. The molecular weight excluding hydrogens is 328 g/mol. The molecule has 1 aliphatic heterocycles. The fraction of sp³-hybridized carbons (Fsp3) is 0.440. The molecule has 1 aliphatic rings. The van der Waals surface area contributed by atoms with Crippen LogP contribution in [-0.4, -0.2) is 18.8 Å². The van der Waals surface area contributed by atoms with Crippen LogP contribution in [0.2, 0.25) is 0 Å². The summed E-state index contributed by atoms with van der Waals surface area (Å²) >= 11 is 0. The molecule has 1 heterocycles. The molecule has 2 heteroatoms. The fourth-order valence-corrected chi connectivity index (χ4v) is 5.07. The lowest BCUT2D eigenvalue weighted by Gasteiger charge is -2.35. The zero-order valence-electron chi connectivity index (χ0n) is 17.9. The Morgan fingerprint density at radius 3 is 1.74 bits per heavy atom. The summed E-state index contributed by atoms with van der Waals surface area (Å²) in [4.78, 5) is 5.10. The Bertz CT molecular complexity index is 857. The number of aryl methyl sites for hydroxylation is 6. The standard InChI is InChI=1S/C25H32N2/c1-9-10-23-15-26(24-18(4)11-16(2)12-19(24)5)22(8)27(23)25-20(6)13-17(3)14-21(25)7/h1,11-14,22-23H,10,15H2,2-8H3. The van der Waals surface area contributed by atoms with E-state index in [0.29, 0.717) is 6.04 Å². The third-order valence-electron chi connectivity index (χ3n) is 5.82. The van der Waals surface area contributed by atoms with Gasteiger partial charge in [0, 0.05) is 24.3 Å². The fourth-order valence-electron chi connectivity index (χ4n) is 5.07. The Morgan fingerprint density at radius 1 is 0.852 bits per heavy atom. The average molecular weight is 361 g/mol. The second-order valence-electron chi connectivity index (χ2n) is 8.25. The number of terminal acetylenes is 1. The number of nitrogens with zero attached hydrogens (tertiary/aromatic N) is 2. The minimum atomic E-state index is 0.267. The summed E-state index contributed by atoms with van der Waals surface area (Å²) in [6, 6.07) is 9.47. The summed E-state index contributed by atoms with van der Waals surface area (Å²) in [7, 11) is 0. The van der Waals surface area contributed by atoms with Crippen LogP contribution in [0.4, 0.5) is 11.4 Å². The van der Waals surface area contributed by atoms with Gasteiger partial charge in [0.05, 0.1) is 12.2 Å². The van der Waals surface area contributed by atoms with E-state index in [1.54, 1.807) is 0 Å². The van der Waals surface area contributed by atoms with Gasteiger partial charge in [-0.1, -0.05) is 35.4 Å². The van der Waals surface area contributed by atoms with Crippen LogP contribution in [0.3, 0.4) is 0 Å². The van der Waals surface area contributed by atoms with E-state index in [0.717, 1.165) is 13.0 Å². The maximum atomic E-state index is 5.76. The highest BCUT2D eigenvalue weighted by atomic mass is 15.4. The number of hydrogen-bond acceptors (Lipinski definition) is 2. The molecule has 3 rings (SSSR count). The number of hydrogen-bond donors (Lipinski definition) is 0. The van der Waals surface area contributed by atoms with E-state index in [-0.39, 0.29) is 6.17 Å². The molecule has 0 saturated carbocycles. The lowest BCUT2D eigenvalue weighted by molar-refractivity contribution is 0.667. The first-order valence-corrected chi connectivity index (χ1v) is 9.88. The van der Waals surface area contributed by atoms with Gasteiger partial charge in [-0.05, 0) is 70.7 Å². The minimum absolute atomic E-state index is 0.267. The van der Waals surface area contributed by atoms with E-state index in [1.165, 1.54) is 44.8 Å². The minimum Gasteiger partial charge on any atom is -0.349 e. The molecule has 2 unspecified atom stereocenters. The zero-order valence-corrected chi connectivity index (χ0v) is 17.9. The Balaban J connectivity index is 2.10. The first kappa shape index (κ1) is 19.4. The van der Waals surface area contributed by atoms with Crippen LogP contribution in [0.5, 0.6) is 0 Å². The highest BCUT2D eigenvalue weighted by Gasteiger charge is 2.38. The lowest BCUT2D eigenvalue weighted by atomic mass is 10.0. The summed E-state index contributed by atoms with van der Waals surface area (Å²) < 4.78 is 0. The van der Waals surface area contributed by atoms with Crippen molar-refractivity contribution in [2.75, 3.05) is 16.3 Å². The van der Waals surface area contributed by atoms with E-state index < -0.39 is 0 Å². The molecule has 0 bridgehead atoms. The van der Waals surface area contributed by atoms with Crippen LogP contribution in [0.1, 0.15) is 46.7 Å². The molecule has 1 fully saturated rings. The second kappa shape index (κ2) is 7.31. The average Bonchev–Trinajstić information content (AvgIpc) is 2.83. The molecule has 0 aromatic heterocycles. The highest BCUT2D eigenvalue weighted by Crippen LogP contribution is 2.39. The molecule has 0 spiro atoms. The van der Waals surface area contributed by atoms with Crippen LogP contribution < -0.4 is 9.80 Å². The van der Waals surface area contributed by atoms with E-state index in [9.17, 15) is 0 Å². The molecule has 2 aromatic carbocycles. The molecule has 2 atom stereocenters. The number of rotatable bonds is 3. The van der Waals surface area contributed by atoms with Gasteiger partial charge < -0.3 is 9.80 Å². The van der Waals surface area contributed by atoms with Gasteiger partial charge >= 0.3 is 0 Å². The van der Waals surface area contributed by atoms with Crippen molar-refractivity contribution in [3.05, 3.63) is 57.6 Å². The zero-order chi connectivity index (χ0) is 19.9. The summed E-state index contributed by atoms with van der Waals surface area (Å²) in [5.74, 6) is 2.92. The second-order valence-corrected chi connectivity index (χ2v) is 8.25. The maximum absolute atomic E-state index is 5.76. The highest BCUT2D eigenvalue weighted by molar-refractivity contribution is 5.68. The van der Waals surface area contributed by atoms with Crippen LogP contribution >= 0.6 is 0 Å². The van der Waals surface area contributed by atoms with E-state index in [4.69, 9.17) is 6.42 Å². The van der Waals surface area contributed by atoms with Gasteiger partial charge in [0.2, 0.25) is 0 Å². The molecule has 27 heavy (non-hydrogen) atoms. The molecule has 0 aliphatic carbocycles. The Morgan fingerprint density at radius 2 is 1.30 bits per heavy atom. The predicted molar refractivity (Wildman–Crippen MR) is 118 cm³/mol. The molecule has 2 aromatic rings. The molecule has 0 radical (unpaired) electrons. The van der Waals surface area contributed by atoms with Crippen molar-refractivity contribution in [2.45, 2.75) is 67.1 Å². The number of anilines is 2. The van der Waals surface area contributed by atoms with Crippen molar-refractivity contribution in [1.82, 2.24) is 0 Å². The summed E-state index contributed by atoms with van der Waals surface area (Å²) in [5, 5.41) is 0. The normalized spacial score (nSPS) is 19.5. The van der Waals surface area contributed by atoms with Gasteiger partial charge in [0.15, 0.2) is 0 Å². The number of benzene rings is 2. The van der Waals surface area contributed by atoms with Gasteiger partial charge in [-0.25, -0.2) is 0 Å². The van der Waals surface area contributed by atoms with E-state index in [2.05, 4.69) is 88.5 Å². The summed E-state index contributed by atoms with van der Waals surface area (Å²) in [5.41, 5.74) is 10.7. The predicted octanol–water partition coefficient (Wildman–Crippen LogP) is 5.60. The SMILES string of the molecule is C#CCC1CN(c2c(C)cc(C)cc2C)C(C)N1c1c(C)cc(C)cc1C. The van der Waals surface area contributed by atoms with Gasteiger partial charge in [0.25, 0.3) is 0 Å². The molecule has 0 N–H and O–H groups in total. The molecular formula is C25H32N2. The third kappa shape index (κ3) is 3.44. The van der Waals surface area contributed by atoms with Gasteiger partial charge in [0.1, 0.15) is 0 Å². The van der Waals surface area contributed by atoms with Gasteiger partial charge in [-0.3, -0.25) is 0 Å². The van der Waals surface area contributed by atoms with Crippen molar-refractivity contribution in [2.24, 2.45) is 0 Å². The first-order chi connectivity index (χ1) is 12.7. The topological polar surface area (TPSA) is 6.48 Å². The Labute approximate surface area is 165 Å². The van der Waals surface area contributed by atoms with Crippen molar-refractivity contribution in [3.63, 3.8) is 0 Å². The lowest BCUT2D eigenvalue weighted by Crippen LogP contribution is -2.40. The Hall–Kier alpha value is -2.40. The molecule has 0 amide bonds. The van der Waals surface area contributed by atoms with E-state index >= 15 is 0 Å². The smallest absolute Gasteiger partial charge is 0.0992 e. The van der Waals surface area contributed by atoms with Crippen molar-refractivity contribution < 1.29 is 0 Å². The summed E-state index contributed by atoms with van der Waals surface area (Å²) in [6.07, 6.45) is 6.79. The van der Waals surface area contributed by atoms with Gasteiger partial charge in [-0.2, -0.15) is 0 Å². The van der Waals surface area contributed by atoms with Crippen molar-refractivity contribution in [3.8, 4) is 12.3 Å².